The Bertz CT molecular complexity index is 970. The van der Waals surface area contributed by atoms with Gasteiger partial charge in [-0.25, -0.2) is 8.42 Å². The number of carbonyl (C=O) groups excluding carboxylic acids is 1. The smallest absolute Gasteiger partial charge is 0.230 e. The van der Waals surface area contributed by atoms with Crippen molar-refractivity contribution in [3.8, 4) is 6.07 Å². The molecule has 1 atom stereocenters. The molecule has 0 bridgehead atoms. The average molecular weight is 382 g/mol. The largest absolute Gasteiger partial charge is 0.349 e. The highest BCUT2D eigenvalue weighted by Crippen LogP contribution is 2.26. The van der Waals surface area contributed by atoms with E-state index in [9.17, 15) is 13.2 Å². The Labute approximate surface area is 160 Å². The molecule has 0 unspecified atom stereocenters. The molecule has 1 N–H and O–H groups in total. The number of carbonyl (C=O) groups is 1. The molecule has 0 spiro atoms. The van der Waals surface area contributed by atoms with Crippen molar-refractivity contribution in [2.24, 2.45) is 0 Å². The molecule has 6 heteroatoms. The predicted molar refractivity (Wildman–Crippen MR) is 104 cm³/mol. The van der Waals surface area contributed by atoms with Crippen LogP contribution in [0.3, 0.4) is 0 Å². The van der Waals surface area contributed by atoms with Gasteiger partial charge in [-0.05, 0) is 44.0 Å². The van der Waals surface area contributed by atoms with Crippen LogP contribution in [-0.2, 0) is 20.0 Å². The molecule has 2 rings (SSSR count). The SMILES string of the molecule is C[C@@H](NC(=O)C(C)(C)c1ccc(S(=O)(=O)C=CC#N)cc1)c1ccccc1. The molecule has 5 nitrogen and oxygen atoms in total. The quantitative estimate of drug-likeness (QED) is 0.773. The molecule has 0 fully saturated rings. The second-order valence-corrected chi connectivity index (χ2v) is 8.57. The summed E-state index contributed by atoms with van der Waals surface area (Å²) in [7, 11) is -3.66. The van der Waals surface area contributed by atoms with Crippen LogP contribution in [0.1, 0.15) is 37.9 Å². The summed E-state index contributed by atoms with van der Waals surface area (Å²) >= 11 is 0. The fourth-order valence-electron chi connectivity index (χ4n) is 2.59. The summed E-state index contributed by atoms with van der Waals surface area (Å²) in [5.74, 6) is -0.154. The monoisotopic (exact) mass is 382 g/mol. The molecule has 1 amide bonds. The first kappa shape index (κ1) is 20.4. The van der Waals surface area contributed by atoms with Gasteiger partial charge in [-0.1, -0.05) is 42.5 Å². The lowest BCUT2D eigenvalue weighted by Gasteiger charge is -2.27. The van der Waals surface area contributed by atoms with Crippen molar-refractivity contribution >= 4 is 15.7 Å². The normalized spacial score (nSPS) is 13.1. The maximum Gasteiger partial charge on any atom is 0.230 e. The van der Waals surface area contributed by atoms with Gasteiger partial charge in [0.05, 0.1) is 22.4 Å². The molecule has 0 aliphatic heterocycles. The summed E-state index contributed by atoms with van der Waals surface area (Å²) in [6, 6.07) is 17.3. The van der Waals surface area contributed by atoms with E-state index in [-0.39, 0.29) is 16.8 Å². The van der Waals surface area contributed by atoms with Gasteiger partial charge in [0.1, 0.15) is 0 Å². The van der Waals surface area contributed by atoms with E-state index < -0.39 is 15.3 Å². The third-order valence-corrected chi connectivity index (χ3v) is 5.86. The zero-order valence-electron chi connectivity index (χ0n) is 15.5. The first-order chi connectivity index (χ1) is 12.7. The molecule has 0 aliphatic carbocycles. The van der Waals surface area contributed by atoms with Crippen LogP contribution in [0, 0.1) is 11.3 Å². The number of allylic oxidation sites excluding steroid dienone is 1. The highest BCUT2D eigenvalue weighted by molar-refractivity contribution is 7.94. The second-order valence-electron chi connectivity index (χ2n) is 6.73. The van der Waals surface area contributed by atoms with Gasteiger partial charge in [-0.3, -0.25) is 4.79 Å². The van der Waals surface area contributed by atoms with E-state index in [1.165, 1.54) is 12.1 Å². The number of hydrogen-bond acceptors (Lipinski definition) is 4. The minimum Gasteiger partial charge on any atom is -0.349 e. The maximum atomic E-state index is 12.8. The Morgan fingerprint density at radius 3 is 2.26 bits per heavy atom. The van der Waals surface area contributed by atoms with E-state index in [2.05, 4.69) is 5.32 Å². The molecule has 0 saturated heterocycles. The Morgan fingerprint density at radius 2 is 1.70 bits per heavy atom. The van der Waals surface area contributed by atoms with Gasteiger partial charge in [0.2, 0.25) is 15.7 Å². The molecule has 0 aliphatic rings. The zero-order valence-corrected chi connectivity index (χ0v) is 16.3. The summed E-state index contributed by atoms with van der Waals surface area (Å²) in [6.45, 7) is 5.50. The molecule has 0 heterocycles. The zero-order chi connectivity index (χ0) is 20.1. The molecule has 140 valence electrons. The molecule has 0 saturated carbocycles. The van der Waals surface area contributed by atoms with E-state index in [0.717, 1.165) is 17.0 Å². The number of sulfone groups is 1. The number of nitrogens with one attached hydrogen (secondary N) is 1. The van der Waals surface area contributed by atoms with Crippen molar-refractivity contribution in [3.05, 3.63) is 77.2 Å². The van der Waals surface area contributed by atoms with Crippen LogP contribution < -0.4 is 5.32 Å². The summed E-state index contributed by atoms with van der Waals surface area (Å²) in [5, 5.41) is 12.4. The highest BCUT2D eigenvalue weighted by atomic mass is 32.2. The Hall–Kier alpha value is -2.91. The lowest BCUT2D eigenvalue weighted by atomic mass is 9.83. The van der Waals surface area contributed by atoms with Gasteiger partial charge in [-0.15, -0.1) is 0 Å². The summed E-state index contributed by atoms with van der Waals surface area (Å²) in [6.07, 6.45) is 0.922. The van der Waals surface area contributed by atoms with Crippen molar-refractivity contribution in [3.63, 3.8) is 0 Å². The fraction of sp³-hybridized carbons (Fsp3) is 0.238. The van der Waals surface area contributed by atoms with E-state index in [1.807, 2.05) is 37.3 Å². The number of rotatable bonds is 6. The van der Waals surface area contributed by atoms with E-state index in [0.29, 0.717) is 5.56 Å². The third-order valence-electron chi connectivity index (χ3n) is 4.44. The standard InChI is InChI=1S/C21H22N2O3S/c1-16(17-8-5-4-6-9-17)23-20(24)21(2,3)18-10-12-19(13-11-18)27(25,26)15-7-14-22/h4-13,15-16H,1-3H3,(H,23,24)/t16-/m1/s1. The van der Waals surface area contributed by atoms with Crippen molar-refractivity contribution in [2.45, 2.75) is 37.1 Å². The molecular formula is C21H22N2O3S. The predicted octanol–water partition coefficient (Wildman–Crippen LogP) is 3.65. The van der Waals surface area contributed by atoms with Crippen LogP contribution in [0.15, 0.2) is 71.0 Å². The minimum atomic E-state index is -3.66. The Balaban J connectivity index is 2.19. The topological polar surface area (TPSA) is 87.0 Å². The highest BCUT2D eigenvalue weighted by Gasteiger charge is 2.31. The van der Waals surface area contributed by atoms with Crippen LogP contribution in [0.25, 0.3) is 0 Å². The number of nitrogens with zero attached hydrogens (tertiary/aromatic N) is 1. The molecule has 2 aromatic rings. The molecular weight excluding hydrogens is 360 g/mol. The number of nitriles is 1. The lowest BCUT2D eigenvalue weighted by molar-refractivity contribution is -0.126. The van der Waals surface area contributed by atoms with Gasteiger partial charge >= 0.3 is 0 Å². The van der Waals surface area contributed by atoms with Crippen molar-refractivity contribution in [1.29, 1.82) is 5.26 Å². The molecule has 27 heavy (non-hydrogen) atoms. The van der Waals surface area contributed by atoms with Crippen molar-refractivity contribution < 1.29 is 13.2 Å². The fourth-order valence-corrected chi connectivity index (χ4v) is 3.51. The maximum absolute atomic E-state index is 12.8. The molecule has 0 radical (unpaired) electrons. The van der Waals surface area contributed by atoms with Gasteiger partial charge in [0, 0.05) is 11.5 Å². The van der Waals surface area contributed by atoms with Crippen molar-refractivity contribution in [1.82, 2.24) is 5.32 Å². The summed E-state index contributed by atoms with van der Waals surface area (Å²) in [4.78, 5) is 12.9. The number of amides is 1. The Morgan fingerprint density at radius 1 is 1.11 bits per heavy atom. The van der Waals surface area contributed by atoms with Crippen LogP contribution in [0.2, 0.25) is 0 Å². The Kier molecular flexibility index (Phi) is 6.19. The first-order valence-electron chi connectivity index (χ1n) is 8.46. The van der Waals surface area contributed by atoms with Crippen LogP contribution >= 0.6 is 0 Å². The number of hydrogen-bond donors (Lipinski definition) is 1. The molecule has 2 aromatic carbocycles. The van der Waals surface area contributed by atoms with Gasteiger partial charge in [-0.2, -0.15) is 5.26 Å². The van der Waals surface area contributed by atoms with E-state index in [1.54, 1.807) is 32.0 Å². The lowest BCUT2D eigenvalue weighted by Crippen LogP contribution is -2.41. The molecule has 0 aromatic heterocycles. The third kappa shape index (κ3) is 4.83. The van der Waals surface area contributed by atoms with E-state index >= 15 is 0 Å². The summed E-state index contributed by atoms with van der Waals surface area (Å²) < 4.78 is 24.1. The van der Waals surface area contributed by atoms with E-state index in [4.69, 9.17) is 5.26 Å². The second kappa shape index (κ2) is 8.19. The van der Waals surface area contributed by atoms with Crippen molar-refractivity contribution in [2.75, 3.05) is 0 Å². The van der Waals surface area contributed by atoms with Gasteiger partial charge < -0.3 is 5.32 Å². The average Bonchev–Trinajstić information content (AvgIpc) is 2.67. The van der Waals surface area contributed by atoms with Crippen LogP contribution in [-0.4, -0.2) is 14.3 Å². The minimum absolute atomic E-state index is 0.0756. The van der Waals surface area contributed by atoms with Crippen LogP contribution in [0.4, 0.5) is 0 Å². The number of benzene rings is 2. The van der Waals surface area contributed by atoms with Crippen LogP contribution in [0.5, 0.6) is 0 Å². The summed E-state index contributed by atoms with van der Waals surface area (Å²) in [5.41, 5.74) is 0.865. The first-order valence-corrected chi connectivity index (χ1v) is 10.0. The van der Waals surface area contributed by atoms with Gasteiger partial charge in [0.15, 0.2) is 0 Å². The van der Waals surface area contributed by atoms with Gasteiger partial charge in [0.25, 0.3) is 0 Å².